The highest BCUT2D eigenvalue weighted by Crippen LogP contribution is 2.28. The lowest BCUT2D eigenvalue weighted by molar-refractivity contribution is 0.437. The molecular weight excluding hydrogens is 200 g/mol. The van der Waals surface area contributed by atoms with Crippen molar-refractivity contribution >= 4 is 23.2 Å². The summed E-state index contributed by atoms with van der Waals surface area (Å²) in [7, 11) is 0. The average molecular weight is 208 g/mol. The molecule has 4 heteroatoms. The van der Waals surface area contributed by atoms with Crippen molar-refractivity contribution in [2.75, 3.05) is 6.67 Å². The summed E-state index contributed by atoms with van der Waals surface area (Å²) in [6, 6.07) is 4.31. The van der Waals surface area contributed by atoms with E-state index in [1.165, 1.54) is 0 Å². The molecule has 0 spiro atoms. The van der Waals surface area contributed by atoms with Crippen molar-refractivity contribution in [1.29, 1.82) is 0 Å². The fraction of sp³-hybridized carbons (Fsp3) is 0.250. The lowest BCUT2D eigenvalue weighted by Gasteiger charge is -2.09. The molecule has 0 radical (unpaired) electrons. The highest BCUT2D eigenvalue weighted by atomic mass is 35.5. The maximum Gasteiger partial charge on any atom is 0.109 e. The minimum Gasteiger partial charge on any atom is -0.322 e. The van der Waals surface area contributed by atoms with Gasteiger partial charge in [-0.3, -0.25) is 0 Å². The predicted octanol–water partition coefficient (Wildman–Crippen LogP) is 2.96. The Morgan fingerprint density at radius 3 is 2.67 bits per heavy atom. The van der Waals surface area contributed by atoms with Crippen LogP contribution in [0.25, 0.3) is 0 Å². The third-order valence-corrected chi connectivity index (χ3v) is 2.38. The van der Waals surface area contributed by atoms with E-state index < -0.39 is 12.7 Å². The van der Waals surface area contributed by atoms with Gasteiger partial charge >= 0.3 is 0 Å². The number of hydrogen-bond donors (Lipinski definition) is 1. The summed E-state index contributed by atoms with van der Waals surface area (Å²) in [6.45, 7) is -0.639. The predicted molar refractivity (Wildman–Crippen MR) is 49.4 cm³/mol. The van der Waals surface area contributed by atoms with E-state index in [4.69, 9.17) is 28.9 Å². The second-order valence-corrected chi connectivity index (χ2v) is 3.19. The highest BCUT2D eigenvalue weighted by Gasteiger charge is 2.11. The van der Waals surface area contributed by atoms with Crippen molar-refractivity contribution in [3.63, 3.8) is 0 Å². The number of hydrogen-bond acceptors (Lipinski definition) is 1. The number of halogens is 3. The number of alkyl halides is 1. The largest absolute Gasteiger partial charge is 0.322 e. The van der Waals surface area contributed by atoms with E-state index in [1.54, 1.807) is 18.2 Å². The first-order valence-corrected chi connectivity index (χ1v) is 4.18. The van der Waals surface area contributed by atoms with Crippen LogP contribution < -0.4 is 5.73 Å². The van der Waals surface area contributed by atoms with E-state index in [0.29, 0.717) is 15.6 Å². The van der Waals surface area contributed by atoms with Crippen LogP contribution in [0.4, 0.5) is 4.39 Å². The van der Waals surface area contributed by atoms with Gasteiger partial charge in [-0.05, 0) is 11.6 Å². The van der Waals surface area contributed by atoms with E-state index in [0.717, 1.165) is 0 Å². The smallest absolute Gasteiger partial charge is 0.109 e. The normalized spacial score (nSPS) is 13.0. The Morgan fingerprint density at radius 2 is 2.08 bits per heavy atom. The summed E-state index contributed by atoms with van der Waals surface area (Å²) >= 11 is 11.5. The Bertz CT molecular complexity index is 278. The maximum absolute atomic E-state index is 12.2. The molecule has 0 aliphatic rings. The van der Waals surface area contributed by atoms with Gasteiger partial charge in [-0.1, -0.05) is 35.3 Å². The molecule has 1 rings (SSSR count). The highest BCUT2D eigenvalue weighted by molar-refractivity contribution is 6.42. The van der Waals surface area contributed by atoms with Crippen LogP contribution in [-0.2, 0) is 0 Å². The van der Waals surface area contributed by atoms with Gasteiger partial charge in [0.25, 0.3) is 0 Å². The zero-order valence-corrected chi connectivity index (χ0v) is 7.74. The maximum atomic E-state index is 12.2. The first-order valence-electron chi connectivity index (χ1n) is 3.42. The number of rotatable bonds is 2. The lowest BCUT2D eigenvalue weighted by atomic mass is 10.1. The molecule has 0 aliphatic carbocycles. The summed E-state index contributed by atoms with van der Waals surface area (Å²) in [5.41, 5.74) is 5.99. The fourth-order valence-corrected chi connectivity index (χ4v) is 1.34. The summed E-state index contributed by atoms with van der Waals surface area (Å²) in [4.78, 5) is 0. The van der Waals surface area contributed by atoms with Crippen LogP contribution in [0.15, 0.2) is 18.2 Å². The van der Waals surface area contributed by atoms with Crippen molar-refractivity contribution in [2.24, 2.45) is 5.73 Å². The van der Waals surface area contributed by atoms with Crippen LogP contribution in [-0.4, -0.2) is 6.67 Å². The fourth-order valence-electron chi connectivity index (χ4n) is 0.890. The number of benzene rings is 1. The average Bonchev–Trinajstić information content (AvgIpc) is 2.08. The first-order chi connectivity index (χ1) is 5.66. The molecule has 0 amide bonds. The monoisotopic (exact) mass is 207 g/mol. The van der Waals surface area contributed by atoms with Gasteiger partial charge in [-0.15, -0.1) is 0 Å². The molecule has 0 saturated carbocycles. The Morgan fingerprint density at radius 1 is 1.42 bits per heavy atom. The molecular formula is C8H8Cl2FN. The van der Waals surface area contributed by atoms with Crippen molar-refractivity contribution in [3.8, 4) is 0 Å². The number of nitrogens with two attached hydrogens (primary N) is 1. The van der Waals surface area contributed by atoms with Gasteiger partial charge in [0.2, 0.25) is 0 Å². The van der Waals surface area contributed by atoms with Crippen LogP contribution in [0.2, 0.25) is 10.0 Å². The van der Waals surface area contributed by atoms with Crippen molar-refractivity contribution < 1.29 is 4.39 Å². The molecule has 1 aromatic rings. The lowest BCUT2D eigenvalue weighted by Crippen LogP contribution is -2.12. The van der Waals surface area contributed by atoms with E-state index in [-0.39, 0.29) is 0 Å². The standard InChI is InChI=1S/C8H8Cl2FN/c9-6-3-1-2-5(8(6)10)7(12)4-11/h1-3,7H,4,12H2/t7-/m1/s1. The van der Waals surface area contributed by atoms with Crippen LogP contribution in [0, 0.1) is 0 Å². The zero-order valence-electron chi connectivity index (χ0n) is 6.23. The van der Waals surface area contributed by atoms with Gasteiger partial charge in [-0.25, -0.2) is 4.39 Å². The quantitative estimate of drug-likeness (QED) is 0.794. The van der Waals surface area contributed by atoms with Gasteiger partial charge < -0.3 is 5.73 Å². The summed E-state index contributed by atoms with van der Waals surface area (Å²) in [5.74, 6) is 0. The van der Waals surface area contributed by atoms with Crippen LogP contribution in [0.5, 0.6) is 0 Å². The third kappa shape index (κ3) is 1.89. The molecule has 0 unspecified atom stereocenters. The molecule has 66 valence electrons. The molecule has 2 N–H and O–H groups in total. The topological polar surface area (TPSA) is 26.0 Å². The second-order valence-electron chi connectivity index (χ2n) is 2.40. The molecule has 0 fully saturated rings. The minimum absolute atomic E-state index is 0.337. The van der Waals surface area contributed by atoms with Crippen molar-refractivity contribution in [1.82, 2.24) is 0 Å². The van der Waals surface area contributed by atoms with E-state index >= 15 is 0 Å². The Labute approximate surface area is 80.3 Å². The van der Waals surface area contributed by atoms with Gasteiger partial charge in [-0.2, -0.15) is 0 Å². The van der Waals surface area contributed by atoms with E-state index in [2.05, 4.69) is 0 Å². The SMILES string of the molecule is N[C@H](CF)c1cccc(Cl)c1Cl. The molecule has 1 nitrogen and oxygen atoms in total. The zero-order chi connectivity index (χ0) is 9.14. The van der Waals surface area contributed by atoms with E-state index in [1.807, 2.05) is 0 Å². The van der Waals surface area contributed by atoms with Gasteiger partial charge in [0.1, 0.15) is 6.67 Å². The van der Waals surface area contributed by atoms with Crippen LogP contribution in [0.1, 0.15) is 11.6 Å². The molecule has 0 saturated heterocycles. The first kappa shape index (κ1) is 9.78. The van der Waals surface area contributed by atoms with Crippen LogP contribution >= 0.6 is 23.2 Å². The molecule has 0 aliphatic heterocycles. The summed E-state index contributed by atoms with van der Waals surface area (Å²) in [6.07, 6.45) is 0. The molecule has 0 aromatic heterocycles. The molecule has 0 bridgehead atoms. The Kier molecular flexibility index (Phi) is 3.32. The molecule has 0 heterocycles. The van der Waals surface area contributed by atoms with Gasteiger partial charge in [0.15, 0.2) is 0 Å². The molecule has 1 atom stereocenters. The minimum atomic E-state index is -0.684. The van der Waals surface area contributed by atoms with Crippen molar-refractivity contribution in [2.45, 2.75) is 6.04 Å². The Balaban J connectivity index is 3.07. The third-order valence-electron chi connectivity index (χ3n) is 1.55. The van der Waals surface area contributed by atoms with E-state index in [9.17, 15) is 4.39 Å². The van der Waals surface area contributed by atoms with Crippen LogP contribution in [0.3, 0.4) is 0 Å². The second kappa shape index (κ2) is 4.08. The molecule has 12 heavy (non-hydrogen) atoms. The molecule has 1 aromatic carbocycles. The summed E-state index contributed by atoms with van der Waals surface area (Å²) in [5, 5.41) is 0.738. The summed E-state index contributed by atoms with van der Waals surface area (Å²) < 4.78 is 12.2. The van der Waals surface area contributed by atoms with Crippen molar-refractivity contribution in [3.05, 3.63) is 33.8 Å². The van der Waals surface area contributed by atoms with Gasteiger partial charge in [0.05, 0.1) is 16.1 Å². The van der Waals surface area contributed by atoms with Gasteiger partial charge in [0, 0.05) is 0 Å². The Hall–Kier alpha value is -0.310.